The highest BCUT2D eigenvalue weighted by molar-refractivity contribution is 6.30. The number of carbonyl (C=O) groups is 1. The number of ether oxygens (including phenoxy) is 2. The largest absolute Gasteiger partial charge is 0.497 e. The van der Waals surface area contributed by atoms with Crippen molar-refractivity contribution in [2.45, 2.75) is 13.0 Å². The first-order chi connectivity index (χ1) is 12.1. The van der Waals surface area contributed by atoms with E-state index in [9.17, 15) is 4.79 Å². The number of halogens is 1. The van der Waals surface area contributed by atoms with Crippen molar-refractivity contribution in [1.82, 2.24) is 10.2 Å². The van der Waals surface area contributed by atoms with Crippen LogP contribution >= 0.6 is 11.6 Å². The molecule has 0 amide bonds. The van der Waals surface area contributed by atoms with E-state index in [4.69, 9.17) is 25.5 Å². The molecule has 0 aliphatic carbocycles. The first-order valence-corrected chi connectivity index (χ1v) is 7.89. The standard InChI is InChI=1S/C18H15ClN2O4/c1-11(24-18(22)13-4-3-5-14(19)10-13)16-20-21-17(25-16)12-6-8-15(23-2)9-7-12/h3-11H,1-2H3. The Morgan fingerprint density at radius 2 is 1.92 bits per heavy atom. The third kappa shape index (κ3) is 3.97. The average molecular weight is 359 g/mol. The molecular weight excluding hydrogens is 344 g/mol. The van der Waals surface area contributed by atoms with Gasteiger partial charge in [0.15, 0.2) is 6.10 Å². The van der Waals surface area contributed by atoms with Gasteiger partial charge < -0.3 is 13.9 Å². The Balaban J connectivity index is 1.71. The lowest BCUT2D eigenvalue weighted by molar-refractivity contribution is 0.0280. The molecular formula is C18H15ClN2O4. The van der Waals surface area contributed by atoms with Crippen LogP contribution in [0.2, 0.25) is 5.02 Å². The van der Waals surface area contributed by atoms with E-state index < -0.39 is 12.1 Å². The zero-order chi connectivity index (χ0) is 17.8. The molecule has 1 atom stereocenters. The van der Waals surface area contributed by atoms with Gasteiger partial charge >= 0.3 is 5.97 Å². The predicted molar refractivity (Wildman–Crippen MR) is 91.6 cm³/mol. The molecule has 1 aromatic heterocycles. The lowest BCUT2D eigenvalue weighted by Gasteiger charge is -2.09. The molecule has 2 aromatic carbocycles. The van der Waals surface area contributed by atoms with Crippen LogP contribution in [0, 0.1) is 0 Å². The fraction of sp³-hybridized carbons (Fsp3) is 0.167. The number of hydrogen-bond donors (Lipinski definition) is 0. The van der Waals surface area contributed by atoms with Gasteiger partial charge in [-0.15, -0.1) is 10.2 Å². The molecule has 128 valence electrons. The molecule has 0 aliphatic heterocycles. The van der Waals surface area contributed by atoms with Crippen LogP contribution in [0.15, 0.2) is 52.9 Å². The van der Waals surface area contributed by atoms with E-state index in [1.54, 1.807) is 56.5 Å². The van der Waals surface area contributed by atoms with Crippen LogP contribution in [0.1, 0.15) is 29.3 Å². The molecule has 0 saturated heterocycles. The van der Waals surface area contributed by atoms with Crippen molar-refractivity contribution in [3.8, 4) is 17.2 Å². The Morgan fingerprint density at radius 3 is 2.60 bits per heavy atom. The lowest BCUT2D eigenvalue weighted by atomic mass is 10.2. The van der Waals surface area contributed by atoms with Gasteiger partial charge in [0.25, 0.3) is 5.89 Å². The molecule has 0 spiro atoms. The summed E-state index contributed by atoms with van der Waals surface area (Å²) in [5.74, 6) is 0.760. The van der Waals surface area contributed by atoms with Gasteiger partial charge in [0.2, 0.25) is 5.89 Å². The Hall–Kier alpha value is -2.86. The zero-order valence-corrected chi connectivity index (χ0v) is 14.4. The van der Waals surface area contributed by atoms with E-state index in [1.807, 2.05) is 0 Å². The molecule has 0 aliphatic rings. The molecule has 0 fully saturated rings. The molecule has 25 heavy (non-hydrogen) atoms. The smallest absolute Gasteiger partial charge is 0.338 e. The summed E-state index contributed by atoms with van der Waals surface area (Å²) < 4.78 is 16.1. The minimum absolute atomic E-state index is 0.209. The Kier molecular flexibility index (Phi) is 5.00. The number of hydrogen-bond acceptors (Lipinski definition) is 6. The van der Waals surface area contributed by atoms with Crippen LogP contribution < -0.4 is 4.74 Å². The molecule has 0 saturated carbocycles. The highest BCUT2D eigenvalue weighted by atomic mass is 35.5. The predicted octanol–water partition coefficient (Wildman–Crippen LogP) is 4.32. The van der Waals surface area contributed by atoms with Gasteiger partial charge in [0.05, 0.1) is 12.7 Å². The molecule has 0 radical (unpaired) electrons. The Bertz CT molecular complexity index is 877. The maximum Gasteiger partial charge on any atom is 0.338 e. The number of rotatable bonds is 5. The summed E-state index contributed by atoms with van der Waals surface area (Å²) in [6.45, 7) is 1.66. The van der Waals surface area contributed by atoms with E-state index in [1.165, 1.54) is 6.07 Å². The SMILES string of the molecule is COc1ccc(-c2nnc(C(C)OC(=O)c3cccc(Cl)c3)o2)cc1. The zero-order valence-electron chi connectivity index (χ0n) is 13.6. The highest BCUT2D eigenvalue weighted by Crippen LogP contribution is 2.25. The van der Waals surface area contributed by atoms with Crippen LogP contribution in [-0.4, -0.2) is 23.3 Å². The second-order valence-electron chi connectivity index (χ2n) is 5.23. The topological polar surface area (TPSA) is 74.5 Å². The first kappa shape index (κ1) is 17.0. The molecule has 7 heteroatoms. The number of methoxy groups -OCH3 is 1. The molecule has 3 aromatic rings. The third-order valence-electron chi connectivity index (χ3n) is 3.47. The molecule has 6 nitrogen and oxygen atoms in total. The van der Waals surface area contributed by atoms with Crippen LogP contribution in [0.5, 0.6) is 5.75 Å². The van der Waals surface area contributed by atoms with Crippen molar-refractivity contribution in [2.24, 2.45) is 0 Å². The van der Waals surface area contributed by atoms with Gasteiger partial charge in [-0.25, -0.2) is 4.79 Å². The van der Waals surface area contributed by atoms with E-state index in [0.717, 1.165) is 11.3 Å². The normalized spacial score (nSPS) is 11.8. The van der Waals surface area contributed by atoms with E-state index in [0.29, 0.717) is 16.5 Å². The first-order valence-electron chi connectivity index (χ1n) is 7.51. The van der Waals surface area contributed by atoms with Crippen molar-refractivity contribution >= 4 is 17.6 Å². The Labute approximate surface area is 149 Å². The van der Waals surface area contributed by atoms with Gasteiger partial charge in [-0.1, -0.05) is 17.7 Å². The summed E-state index contributed by atoms with van der Waals surface area (Å²) in [6, 6.07) is 13.7. The number of benzene rings is 2. The van der Waals surface area contributed by atoms with E-state index in [-0.39, 0.29) is 5.89 Å². The number of aromatic nitrogens is 2. The minimum Gasteiger partial charge on any atom is -0.497 e. The molecule has 1 heterocycles. The minimum atomic E-state index is -0.689. The molecule has 0 bridgehead atoms. The second kappa shape index (κ2) is 7.36. The summed E-state index contributed by atoms with van der Waals surface area (Å²) in [5.41, 5.74) is 1.10. The summed E-state index contributed by atoms with van der Waals surface area (Å²) >= 11 is 5.88. The van der Waals surface area contributed by atoms with Crippen molar-refractivity contribution < 1.29 is 18.7 Å². The summed E-state index contributed by atoms with van der Waals surface area (Å²) in [5, 5.41) is 8.40. The van der Waals surface area contributed by atoms with E-state index in [2.05, 4.69) is 10.2 Å². The number of carbonyl (C=O) groups excluding carboxylic acids is 1. The fourth-order valence-electron chi connectivity index (χ4n) is 2.14. The highest BCUT2D eigenvalue weighted by Gasteiger charge is 2.20. The van der Waals surface area contributed by atoms with Gasteiger partial charge in [-0.3, -0.25) is 0 Å². The summed E-state index contributed by atoms with van der Waals surface area (Å²) in [7, 11) is 1.59. The van der Waals surface area contributed by atoms with Crippen molar-refractivity contribution in [3.05, 3.63) is 65.0 Å². The summed E-state index contributed by atoms with van der Waals surface area (Å²) in [4.78, 5) is 12.1. The monoisotopic (exact) mass is 358 g/mol. The molecule has 0 N–H and O–H groups in total. The van der Waals surface area contributed by atoms with Gasteiger partial charge in [0, 0.05) is 10.6 Å². The van der Waals surface area contributed by atoms with E-state index >= 15 is 0 Å². The lowest BCUT2D eigenvalue weighted by Crippen LogP contribution is -2.09. The molecule has 3 rings (SSSR count). The van der Waals surface area contributed by atoms with Crippen molar-refractivity contribution in [2.75, 3.05) is 7.11 Å². The number of nitrogens with zero attached hydrogens (tertiary/aromatic N) is 2. The van der Waals surface area contributed by atoms with Gasteiger partial charge in [0.1, 0.15) is 5.75 Å². The summed E-state index contributed by atoms with van der Waals surface area (Å²) in [6.07, 6.45) is -0.689. The van der Waals surface area contributed by atoms with Crippen molar-refractivity contribution in [1.29, 1.82) is 0 Å². The fourth-order valence-corrected chi connectivity index (χ4v) is 2.33. The second-order valence-corrected chi connectivity index (χ2v) is 5.67. The quantitative estimate of drug-likeness (QED) is 0.632. The van der Waals surface area contributed by atoms with Gasteiger partial charge in [-0.2, -0.15) is 0 Å². The maximum atomic E-state index is 12.1. The number of esters is 1. The molecule has 1 unspecified atom stereocenters. The average Bonchev–Trinajstić information content (AvgIpc) is 3.12. The Morgan fingerprint density at radius 1 is 1.16 bits per heavy atom. The van der Waals surface area contributed by atoms with Crippen LogP contribution in [0.3, 0.4) is 0 Å². The van der Waals surface area contributed by atoms with Crippen LogP contribution in [0.25, 0.3) is 11.5 Å². The van der Waals surface area contributed by atoms with Crippen LogP contribution in [-0.2, 0) is 4.74 Å². The van der Waals surface area contributed by atoms with Crippen LogP contribution in [0.4, 0.5) is 0 Å². The third-order valence-corrected chi connectivity index (χ3v) is 3.70. The maximum absolute atomic E-state index is 12.1. The van der Waals surface area contributed by atoms with Gasteiger partial charge in [-0.05, 0) is 49.4 Å². The van der Waals surface area contributed by atoms with Crippen molar-refractivity contribution in [3.63, 3.8) is 0 Å².